The van der Waals surface area contributed by atoms with Crippen LogP contribution in [0.25, 0.3) is 0 Å². The summed E-state index contributed by atoms with van der Waals surface area (Å²) in [6.07, 6.45) is -0.974. The van der Waals surface area contributed by atoms with Gasteiger partial charge in [-0.05, 0) is 29.7 Å². The minimum absolute atomic E-state index is 0.0773. The van der Waals surface area contributed by atoms with Crippen molar-refractivity contribution in [1.82, 2.24) is 25.8 Å². The molecule has 3 aromatic carbocycles. The predicted octanol–water partition coefficient (Wildman–Crippen LogP) is 4.31. The Kier molecular flexibility index (Phi) is 16.7. The normalized spacial score (nSPS) is 10.4. The van der Waals surface area contributed by atoms with Crippen LogP contribution in [0.15, 0.2) is 91.0 Å². The van der Waals surface area contributed by atoms with Crippen molar-refractivity contribution in [3.63, 3.8) is 0 Å². The van der Waals surface area contributed by atoms with Gasteiger partial charge in [-0.15, -0.1) is 0 Å². The monoisotopic (exact) mass is 647 g/mol. The summed E-state index contributed by atoms with van der Waals surface area (Å²) in [5.74, 6) is -0.0801. The zero-order chi connectivity index (χ0) is 33.5. The molecule has 12 heteroatoms. The van der Waals surface area contributed by atoms with Gasteiger partial charge in [0.05, 0.1) is 0 Å². The van der Waals surface area contributed by atoms with E-state index in [1.54, 1.807) is 0 Å². The van der Waals surface area contributed by atoms with Gasteiger partial charge in [0.25, 0.3) is 0 Å². The summed E-state index contributed by atoms with van der Waals surface area (Å²) in [5, 5.41) is 8.70. The quantitative estimate of drug-likeness (QED) is 0.129. The molecule has 0 aromatic heterocycles. The zero-order valence-corrected chi connectivity index (χ0v) is 26.9. The van der Waals surface area contributed by atoms with E-state index in [4.69, 9.17) is 14.2 Å². The number of ether oxygens (including phenoxy) is 3. The fourth-order valence-electron chi connectivity index (χ4n) is 4.34. The molecule has 0 radical (unpaired) electrons. The van der Waals surface area contributed by atoms with E-state index < -0.39 is 18.3 Å². The van der Waals surface area contributed by atoms with E-state index in [0.29, 0.717) is 26.2 Å². The molecule has 0 aliphatic carbocycles. The van der Waals surface area contributed by atoms with E-state index in [9.17, 15) is 19.2 Å². The van der Waals surface area contributed by atoms with E-state index in [0.717, 1.165) is 23.1 Å². The van der Waals surface area contributed by atoms with E-state index in [-0.39, 0.29) is 51.9 Å². The summed E-state index contributed by atoms with van der Waals surface area (Å²) in [6.45, 7) is 4.33. The molecular weight excluding hydrogens is 602 g/mol. The highest BCUT2D eigenvalue weighted by Gasteiger charge is 2.21. The van der Waals surface area contributed by atoms with Crippen molar-refractivity contribution in [2.24, 2.45) is 0 Å². The van der Waals surface area contributed by atoms with Crippen LogP contribution in [0, 0.1) is 0 Å². The van der Waals surface area contributed by atoms with Gasteiger partial charge in [-0.1, -0.05) is 91.0 Å². The number of benzene rings is 3. The van der Waals surface area contributed by atoms with Crippen molar-refractivity contribution >= 4 is 24.2 Å². The third-order valence-electron chi connectivity index (χ3n) is 6.89. The smallest absolute Gasteiger partial charge is 0.410 e. The summed E-state index contributed by atoms with van der Waals surface area (Å²) < 4.78 is 16.4. The third-order valence-corrected chi connectivity index (χ3v) is 6.89. The molecule has 47 heavy (non-hydrogen) atoms. The van der Waals surface area contributed by atoms with Crippen LogP contribution in [0.2, 0.25) is 0 Å². The van der Waals surface area contributed by atoms with Crippen LogP contribution in [0.3, 0.4) is 0 Å². The third kappa shape index (κ3) is 15.6. The number of carbonyl (C=O) groups is 4. The highest BCUT2D eigenvalue weighted by atomic mass is 16.6. The molecule has 0 aliphatic heterocycles. The van der Waals surface area contributed by atoms with Gasteiger partial charge in [-0.25, -0.2) is 14.4 Å². The maximum atomic E-state index is 13.2. The van der Waals surface area contributed by atoms with Gasteiger partial charge in [0, 0.05) is 52.7 Å². The Morgan fingerprint density at radius 3 is 1.45 bits per heavy atom. The zero-order valence-electron chi connectivity index (χ0n) is 26.9. The first-order chi connectivity index (χ1) is 22.9. The molecule has 0 spiro atoms. The van der Waals surface area contributed by atoms with Gasteiger partial charge in [-0.3, -0.25) is 4.79 Å². The van der Waals surface area contributed by atoms with E-state index in [1.807, 2.05) is 91.0 Å². The topological polar surface area (TPSA) is 139 Å². The molecule has 0 heterocycles. The largest absolute Gasteiger partial charge is 0.445 e. The Balaban J connectivity index is 1.57. The Labute approximate surface area is 276 Å². The van der Waals surface area contributed by atoms with Crippen molar-refractivity contribution in [2.45, 2.75) is 33.2 Å². The van der Waals surface area contributed by atoms with Crippen molar-refractivity contribution < 1.29 is 33.4 Å². The molecule has 0 fully saturated rings. The fraction of sp³-hybridized carbons (Fsp3) is 0.371. The van der Waals surface area contributed by atoms with Crippen LogP contribution in [-0.4, -0.2) is 86.3 Å². The average Bonchev–Trinajstić information content (AvgIpc) is 3.09. The van der Waals surface area contributed by atoms with Gasteiger partial charge in [0.1, 0.15) is 19.8 Å². The van der Waals surface area contributed by atoms with E-state index in [1.165, 1.54) is 16.7 Å². The summed E-state index contributed by atoms with van der Waals surface area (Å²) in [5.41, 5.74) is 2.54. The van der Waals surface area contributed by atoms with Crippen LogP contribution in [-0.2, 0) is 38.8 Å². The maximum absolute atomic E-state index is 13.2. The number of alkyl carbamates (subject to hydrolysis) is 1. The number of amides is 4. The molecule has 0 saturated heterocycles. The Hall–Kier alpha value is -5.10. The second-order valence-electron chi connectivity index (χ2n) is 10.6. The molecule has 4 amide bonds. The number of carbonyl (C=O) groups excluding carboxylic acids is 4. The molecule has 0 bridgehead atoms. The van der Waals surface area contributed by atoms with Crippen molar-refractivity contribution in [3.8, 4) is 0 Å². The van der Waals surface area contributed by atoms with Crippen LogP contribution < -0.4 is 16.0 Å². The van der Waals surface area contributed by atoms with Crippen molar-refractivity contribution in [2.75, 3.05) is 52.4 Å². The van der Waals surface area contributed by atoms with Crippen LogP contribution in [0.1, 0.15) is 30.0 Å². The number of rotatable bonds is 19. The highest BCUT2D eigenvalue weighted by molar-refractivity contribution is 5.72. The van der Waals surface area contributed by atoms with Gasteiger partial charge in [0.2, 0.25) is 5.91 Å². The van der Waals surface area contributed by atoms with E-state index >= 15 is 0 Å². The molecular formula is C35H45N5O7. The van der Waals surface area contributed by atoms with Crippen molar-refractivity contribution in [1.29, 1.82) is 0 Å². The number of nitrogens with zero attached hydrogens (tertiary/aromatic N) is 2. The average molecular weight is 648 g/mol. The molecule has 3 rings (SSSR count). The first-order valence-corrected chi connectivity index (χ1v) is 15.7. The minimum Gasteiger partial charge on any atom is -0.445 e. The molecule has 0 atom stereocenters. The maximum Gasteiger partial charge on any atom is 0.410 e. The first kappa shape index (κ1) is 36.4. The van der Waals surface area contributed by atoms with Gasteiger partial charge in [-0.2, -0.15) is 0 Å². The predicted molar refractivity (Wildman–Crippen MR) is 177 cm³/mol. The summed E-state index contributed by atoms with van der Waals surface area (Å²) >= 11 is 0. The summed E-state index contributed by atoms with van der Waals surface area (Å²) in [4.78, 5) is 52.7. The molecule has 12 nitrogen and oxygen atoms in total. The molecule has 0 saturated carbocycles. The lowest BCUT2D eigenvalue weighted by atomic mass is 10.2. The Morgan fingerprint density at radius 2 is 0.979 bits per heavy atom. The SMILES string of the molecule is CC(=O)NCCCNCCN(CCN(CCNC(=O)OCc1ccccc1)C(=O)OCc1ccccc1)C(=O)OCc1ccccc1. The standard InChI is InChI=1S/C35H45N5O7/c1-29(41)37-19-11-18-36-20-22-39(34(43)46-27-31-14-7-3-8-15-31)24-25-40(35(44)47-28-32-16-9-4-10-17-32)23-21-38-33(42)45-26-30-12-5-2-6-13-30/h2-10,12-17,36H,11,18-28H2,1H3,(H,37,41)(H,38,42). The van der Waals surface area contributed by atoms with Gasteiger partial charge >= 0.3 is 18.3 Å². The lowest BCUT2D eigenvalue weighted by Crippen LogP contribution is -2.46. The molecule has 0 aliphatic rings. The summed E-state index contributed by atoms with van der Waals surface area (Å²) in [6, 6.07) is 28.0. The highest BCUT2D eigenvalue weighted by Crippen LogP contribution is 2.07. The lowest BCUT2D eigenvalue weighted by Gasteiger charge is -2.27. The van der Waals surface area contributed by atoms with Crippen LogP contribution in [0.5, 0.6) is 0 Å². The number of nitrogens with one attached hydrogen (secondary N) is 3. The first-order valence-electron chi connectivity index (χ1n) is 15.7. The molecule has 3 aromatic rings. The van der Waals surface area contributed by atoms with Crippen molar-refractivity contribution in [3.05, 3.63) is 108 Å². The molecule has 0 unspecified atom stereocenters. The Morgan fingerprint density at radius 1 is 0.532 bits per heavy atom. The minimum atomic E-state index is -0.609. The number of hydrogen-bond acceptors (Lipinski definition) is 8. The number of hydrogen-bond donors (Lipinski definition) is 3. The second-order valence-corrected chi connectivity index (χ2v) is 10.6. The van der Waals surface area contributed by atoms with E-state index in [2.05, 4.69) is 16.0 Å². The lowest BCUT2D eigenvalue weighted by molar-refractivity contribution is -0.118. The van der Waals surface area contributed by atoms with Crippen LogP contribution >= 0.6 is 0 Å². The summed E-state index contributed by atoms with van der Waals surface area (Å²) in [7, 11) is 0. The Bertz CT molecular complexity index is 1350. The molecule has 252 valence electrons. The van der Waals surface area contributed by atoms with Crippen LogP contribution in [0.4, 0.5) is 14.4 Å². The second kappa shape index (κ2) is 21.6. The van der Waals surface area contributed by atoms with Gasteiger partial charge < -0.3 is 40.0 Å². The molecule has 3 N–H and O–H groups in total. The van der Waals surface area contributed by atoms with Gasteiger partial charge in [0.15, 0.2) is 0 Å². The fourth-order valence-corrected chi connectivity index (χ4v) is 4.34.